The molecule has 2 saturated heterocycles. The zero-order valence-corrected chi connectivity index (χ0v) is 13.1. The number of aliphatic hydroxyl groups is 1. The van der Waals surface area contributed by atoms with Crippen LogP contribution in [0.2, 0.25) is 0 Å². The van der Waals surface area contributed by atoms with E-state index in [0.29, 0.717) is 28.9 Å². The van der Waals surface area contributed by atoms with E-state index in [2.05, 4.69) is 0 Å². The monoisotopic (exact) mass is 332 g/mol. The molecule has 1 N–H and O–H groups in total. The molecule has 122 valence electrons. The minimum Gasteiger partial charge on any atom is -0.497 e. The molecule has 2 nitrogen and oxygen atoms in total. The second-order valence-electron chi connectivity index (χ2n) is 6.20. The van der Waals surface area contributed by atoms with Crippen LogP contribution in [0.1, 0.15) is 43.2 Å². The van der Waals surface area contributed by atoms with E-state index in [0.717, 1.165) is 31.4 Å². The maximum Gasteiger partial charge on any atom is 0.416 e. The lowest BCUT2D eigenvalue weighted by Gasteiger charge is -2.44. The molecule has 0 radical (unpaired) electrons. The number of ether oxygens (including phenoxy) is 1. The summed E-state index contributed by atoms with van der Waals surface area (Å²) in [5.41, 5.74) is -1.62. The molecule has 6 heteroatoms. The fraction of sp³-hybridized carbons (Fsp3) is 0.625. The standard InChI is InChI=1S/C16H19F3O2S/c1-21-12-6-10(5-11(7-12)16(17,18)19)15(20)8-13-3-2-4-14(9-15)22-13/h5-7,13-14,20H,2-4,8-9H2,1H3. The molecular formula is C16H19F3O2S. The van der Waals surface area contributed by atoms with Gasteiger partial charge in [0.05, 0.1) is 18.3 Å². The summed E-state index contributed by atoms with van der Waals surface area (Å²) in [5.74, 6) is 0.140. The van der Waals surface area contributed by atoms with Crippen molar-refractivity contribution in [3.8, 4) is 5.75 Å². The van der Waals surface area contributed by atoms with Crippen molar-refractivity contribution in [3.63, 3.8) is 0 Å². The van der Waals surface area contributed by atoms with Crippen LogP contribution in [0.15, 0.2) is 18.2 Å². The summed E-state index contributed by atoms with van der Waals surface area (Å²) >= 11 is 1.88. The molecule has 0 aliphatic carbocycles. The fourth-order valence-corrected chi connectivity index (χ4v) is 5.40. The Morgan fingerprint density at radius 2 is 1.82 bits per heavy atom. The summed E-state index contributed by atoms with van der Waals surface area (Å²) in [6, 6.07) is 3.60. The van der Waals surface area contributed by atoms with Crippen molar-refractivity contribution in [2.75, 3.05) is 7.11 Å². The van der Waals surface area contributed by atoms with E-state index in [1.165, 1.54) is 7.11 Å². The zero-order chi connectivity index (χ0) is 16.0. The predicted octanol–water partition coefficient (Wildman–Crippen LogP) is 4.35. The zero-order valence-electron chi connectivity index (χ0n) is 12.3. The summed E-state index contributed by atoms with van der Waals surface area (Å²) in [4.78, 5) is 0. The molecule has 22 heavy (non-hydrogen) atoms. The van der Waals surface area contributed by atoms with Gasteiger partial charge < -0.3 is 9.84 Å². The van der Waals surface area contributed by atoms with E-state index in [9.17, 15) is 18.3 Å². The third kappa shape index (κ3) is 3.08. The number of hydrogen-bond donors (Lipinski definition) is 1. The Kier molecular flexibility index (Phi) is 4.10. The highest BCUT2D eigenvalue weighted by Gasteiger charge is 2.43. The Hall–Kier alpha value is -0.880. The molecule has 3 rings (SSSR count). The van der Waals surface area contributed by atoms with Crippen molar-refractivity contribution < 1.29 is 23.0 Å². The largest absolute Gasteiger partial charge is 0.497 e. The average Bonchev–Trinajstić information content (AvgIpc) is 2.45. The van der Waals surface area contributed by atoms with Crippen LogP contribution >= 0.6 is 11.8 Å². The smallest absolute Gasteiger partial charge is 0.416 e. The van der Waals surface area contributed by atoms with Gasteiger partial charge in [-0.15, -0.1) is 0 Å². The van der Waals surface area contributed by atoms with Gasteiger partial charge in [-0.3, -0.25) is 0 Å². The van der Waals surface area contributed by atoms with E-state index in [1.807, 2.05) is 11.8 Å². The molecule has 2 bridgehead atoms. The number of methoxy groups -OCH3 is 1. The molecule has 1 aromatic carbocycles. The predicted molar refractivity (Wildman–Crippen MR) is 80.1 cm³/mol. The number of rotatable bonds is 2. The SMILES string of the molecule is COc1cc(C(F)(F)F)cc(C2(O)CC3CCCC(C2)S3)c1. The third-order valence-electron chi connectivity index (χ3n) is 4.57. The maximum absolute atomic E-state index is 13.1. The topological polar surface area (TPSA) is 29.5 Å². The molecule has 1 aromatic rings. The van der Waals surface area contributed by atoms with Crippen LogP contribution in [0.4, 0.5) is 13.2 Å². The first kappa shape index (κ1) is 16.0. The van der Waals surface area contributed by atoms with Gasteiger partial charge in [-0.1, -0.05) is 6.42 Å². The van der Waals surface area contributed by atoms with Crippen LogP contribution in [-0.4, -0.2) is 22.7 Å². The fourth-order valence-electron chi connectivity index (χ4n) is 3.50. The molecule has 0 aromatic heterocycles. The van der Waals surface area contributed by atoms with Gasteiger partial charge in [-0.25, -0.2) is 0 Å². The Labute approximate surface area is 132 Å². The maximum atomic E-state index is 13.1. The first-order valence-electron chi connectivity index (χ1n) is 7.45. The molecule has 0 amide bonds. The van der Waals surface area contributed by atoms with Crippen LogP contribution in [0.3, 0.4) is 0 Å². The van der Waals surface area contributed by atoms with Crippen LogP contribution in [0.5, 0.6) is 5.75 Å². The average molecular weight is 332 g/mol. The highest BCUT2D eigenvalue weighted by molar-refractivity contribution is 8.00. The van der Waals surface area contributed by atoms with Gasteiger partial charge in [0.1, 0.15) is 5.75 Å². The van der Waals surface area contributed by atoms with Gasteiger partial charge in [0.2, 0.25) is 0 Å². The number of alkyl halides is 3. The van der Waals surface area contributed by atoms with Crippen molar-refractivity contribution in [1.29, 1.82) is 0 Å². The van der Waals surface area contributed by atoms with E-state index >= 15 is 0 Å². The molecular weight excluding hydrogens is 313 g/mol. The Balaban J connectivity index is 1.99. The van der Waals surface area contributed by atoms with E-state index in [-0.39, 0.29) is 5.75 Å². The van der Waals surface area contributed by atoms with Gasteiger partial charge in [0, 0.05) is 10.5 Å². The lowest BCUT2D eigenvalue weighted by atomic mass is 9.80. The number of fused-ring (bicyclic) bond motifs is 2. The van der Waals surface area contributed by atoms with E-state index in [1.54, 1.807) is 6.07 Å². The second-order valence-corrected chi connectivity index (χ2v) is 7.80. The quantitative estimate of drug-likeness (QED) is 0.873. The molecule has 2 unspecified atom stereocenters. The Morgan fingerprint density at radius 3 is 2.36 bits per heavy atom. The number of benzene rings is 1. The Bertz CT molecular complexity index is 547. The van der Waals surface area contributed by atoms with Crippen molar-refractivity contribution >= 4 is 11.8 Å². The van der Waals surface area contributed by atoms with Gasteiger partial charge in [0.25, 0.3) is 0 Å². The van der Waals surface area contributed by atoms with Gasteiger partial charge in [0.15, 0.2) is 0 Å². The normalized spacial score (nSPS) is 31.9. The van der Waals surface area contributed by atoms with Crippen molar-refractivity contribution in [2.24, 2.45) is 0 Å². The van der Waals surface area contributed by atoms with Crippen molar-refractivity contribution in [1.82, 2.24) is 0 Å². The molecule has 0 spiro atoms. The highest BCUT2D eigenvalue weighted by atomic mass is 32.2. The second kappa shape index (κ2) is 5.64. The van der Waals surface area contributed by atoms with Gasteiger partial charge >= 0.3 is 6.18 Å². The molecule has 2 aliphatic rings. The minimum absolute atomic E-state index is 0.140. The molecule has 0 saturated carbocycles. The van der Waals surface area contributed by atoms with Gasteiger partial charge in [-0.2, -0.15) is 24.9 Å². The van der Waals surface area contributed by atoms with Crippen LogP contribution < -0.4 is 4.74 Å². The summed E-state index contributed by atoms with van der Waals surface area (Å²) in [5, 5.41) is 11.7. The van der Waals surface area contributed by atoms with Crippen molar-refractivity contribution in [3.05, 3.63) is 29.3 Å². The number of halogens is 3. The van der Waals surface area contributed by atoms with Crippen LogP contribution in [0, 0.1) is 0 Å². The minimum atomic E-state index is -4.45. The number of thioether (sulfide) groups is 1. The first-order chi connectivity index (χ1) is 10.3. The number of hydrogen-bond acceptors (Lipinski definition) is 3. The first-order valence-corrected chi connectivity index (χ1v) is 8.39. The highest BCUT2D eigenvalue weighted by Crippen LogP contribution is 2.50. The van der Waals surface area contributed by atoms with Crippen molar-refractivity contribution in [2.45, 2.75) is 54.4 Å². The molecule has 2 atom stereocenters. The molecule has 2 heterocycles. The van der Waals surface area contributed by atoms with E-state index in [4.69, 9.17) is 4.74 Å². The Morgan fingerprint density at radius 1 is 1.18 bits per heavy atom. The van der Waals surface area contributed by atoms with Gasteiger partial charge in [-0.05, 0) is 49.4 Å². The lowest BCUT2D eigenvalue weighted by molar-refractivity contribution is -0.137. The molecule has 2 fully saturated rings. The van der Waals surface area contributed by atoms with Crippen LogP contribution in [0.25, 0.3) is 0 Å². The third-order valence-corrected chi connectivity index (χ3v) is 6.15. The summed E-state index contributed by atoms with van der Waals surface area (Å²) < 4.78 is 44.2. The molecule has 2 aliphatic heterocycles. The summed E-state index contributed by atoms with van der Waals surface area (Å²) in [6.45, 7) is 0. The summed E-state index contributed by atoms with van der Waals surface area (Å²) in [7, 11) is 1.34. The van der Waals surface area contributed by atoms with Crippen LogP contribution in [-0.2, 0) is 11.8 Å². The van der Waals surface area contributed by atoms with E-state index < -0.39 is 17.3 Å². The summed E-state index contributed by atoms with van der Waals surface area (Å²) in [6.07, 6.45) is -0.223. The lowest BCUT2D eigenvalue weighted by Crippen LogP contribution is -2.40.